The lowest BCUT2D eigenvalue weighted by molar-refractivity contribution is 0.0217. The van der Waals surface area contributed by atoms with E-state index in [1.165, 1.54) is 0 Å². The summed E-state index contributed by atoms with van der Waals surface area (Å²) >= 11 is 0. The molecule has 4 heteroatoms. The maximum Gasteiger partial charge on any atom is 0.203 e. The molecule has 0 radical (unpaired) electrons. The van der Waals surface area contributed by atoms with Crippen LogP contribution in [0.2, 0.25) is 0 Å². The minimum Gasteiger partial charge on any atom is -0.482 e. The molecule has 19 heavy (non-hydrogen) atoms. The van der Waals surface area contributed by atoms with Gasteiger partial charge in [-0.05, 0) is 17.7 Å². The fraction of sp³-hybridized carbons (Fsp3) is 0.133. The number of fused-ring (bicyclic) bond motifs is 3. The smallest absolute Gasteiger partial charge is 0.203 e. The van der Waals surface area contributed by atoms with E-state index >= 15 is 0 Å². The Morgan fingerprint density at radius 2 is 1.74 bits per heavy atom. The summed E-state index contributed by atoms with van der Waals surface area (Å²) in [6.45, 7) is 0. The van der Waals surface area contributed by atoms with Crippen LogP contribution >= 0.6 is 0 Å². The van der Waals surface area contributed by atoms with Crippen molar-refractivity contribution < 1.29 is 19.4 Å². The molecule has 0 fully saturated rings. The van der Waals surface area contributed by atoms with E-state index < -0.39 is 12.2 Å². The number of carbonyl (C=O) groups is 1. The van der Waals surface area contributed by atoms with Gasteiger partial charge in [-0.25, -0.2) is 0 Å². The molecule has 2 aliphatic heterocycles. The highest BCUT2D eigenvalue weighted by Crippen LogP contribution is 2.54. The third-order valence-corrected chi connectivity index (χ3v) is 3.44. The summed E-state index contributed by atoms with van der Waals surface area (Å²) in [7, 11) is 0. The van der Waals surface area contributed by atoms with Crippen molar-refractivity contribution >= 4 is 5.78 Å². The molecule has 2 unspecified atom stereocenters. The summed E-state index contributed by atoms with van der Waals surface area (Å²) in [6.07, 6.45) is -1.87. The van der Waals surface area contributed by atoms with Gasteiger partial charge >= 0.3 is 0 Å². The number of aliphatic hydroxyl groups excluding tert-OH is 1. The zero-order valence-corrected chi connectivity index (χ0v) is 9.87. The molecule has 2 aromatic rings. The van der Waals surface area contributed by atoms with Crippen LogP contribution in [0.15, 0.2) is 42.5 Å². The van der Waals surface area contributed by atoms with E-state index in [9.17, 15) is 9.90 Å². The zero-order valence-electron chi connectivity index (χ0n) is 9.87. The van der Waals surface area contributed by atoms with Gasteiger partial charge in [-0.1, -0.05) is 30.3 Å². The zero-order chi connectivity index (χ0) is 13.0. The highest BCUT2D eigenvalue weighted by molar-refractivity contribution is 6.07. The van der Waals surface area contributed by atoms with Gasteiger partial charge in [0.15, 0.2) is 23.7 Å². The molecular weight excluding hydrogens is 244 g/mol. The van der Waals surface area contributed by atoms with Crippen LogP contribution in [0, 0.1) is 0 Å². The van der Waals surface area contributed by atoms with E-state index in [-0.39, 0.29) is 5.78 Å². The molecule has 0 saturated heterocycles. The van der Waals surface area contributed by atoms with Crippen LogP contribution < -0.4 is 9.47 Å². The van der Waals surface area contributed by atoms with Gasteiger partial charge in [0.05, 0.1) is 0 Å². The van der Waals surface area contributed by atoms with Crippen LogP contribution in [-0.4, -0.2) is 17.0 Å². The first kappa shape index (κ1) is 10.6. The van der Waals surface area contributed by atoms with Crippen molar-refractivity contribution in [1.29, 1.82) is 0 Å². The number of ketones is 1. The molecule has 2 aliphatic rings. The number of rotatable bonds is 1. The van der Waals surface area contributed by atoms with Gasteiger partial charge in [0.1, 0.15) is 11.3 Å². The fourth-order valence-electron chi connectivity index (χ4n) is 2.43. The minimum absolute atomic E-state index is 0.343. The molecule has 0 aromatic heterocycles. The van der Waals surface area contributed by atoms with E-state index in [1.807, 2.05) is 30.3 Å². The van der Waals surface area contributed by atoms with Gasteiger partial charge in [-0.3, -0.25) is 4.79 Å². The second-order valence-electron chi connectivity index (χ2n) is 4.63. The van der Waals surface area contributed by atoms with E-state index in [0.29, 0.717) is 22.8 Å². The number of carbonyl (C=O) groups excluding carboxylic acids is 1. The standard InChI is InChI=1S/C15H10O4/c16-12-11-9(6-7-10-15(11)19-10)18-14(13(12)17)8-4-2-1-3-5-8/h1-7,13-14,17H. The molecule has 2 heterocycles. The Kier molecular flexibility index (Phi) is 2.00. The van der Waals surface area contributed by atoms with E-state index in [0.717, 1.165) is 5.56 Å². The van der Waals surface area contributed by atoms with Crippen molar-refractivity contribution in [2.24, 2.45) is 0 Å². The summed E-state index contributed by atoms with van der Waals surface area (Å²) in [5.41, 5.74) is 1.14. The average molecular weight is 254 g/mol. The number of benzene rings is 2. The van der Waals surface area contributed by atoms with Gasteiger partial charge < -0.3 is 14.6 Å². The molecule has 2 aromatic carbocycles. The van der Waals surface area contributed by atoms with Crippen LogP contribution in [0.1, 0.15) is 22.0 Å². The van der Waals surface area contributed by atoms with E-state index in [1.54, 1.807) is 12.1 Å². The first-order valence-electron chi connectivity index (χ1n) is 6.04. The third kappa shape index (κ3) is 1.47. The lowest BCUT2D eigenvalue weighted by atomic mass is 9.93. The van der Waals surface area contributed by atoms with Crippen LogP contribution in [0.5, 0.6) is 17.2 Å². The summed E-state index contributed by atoms with van der Waals surface area (Å²) in [5.74, 6) is 1.35. The quantitative estimate of drug-likeness (QED) is 0.678. The number of hydrogen-bond acceptors (Lipinski definition) is 4. The molecular formula is C15H10O4. The van der Waals surface area contributed by atoms with Gasteiger partial charge in [0.25, 0.3) is 0 Å². The van der Waals surface area contributed by atoms with Gasteiger partial charge in [-0.2, -0.15) is 0 Å². The van der Waals surface area contributed by atoms with Crippen molar-refractivity contribution in [2.45, 2.75) is 12.2 Å². The Balaban J connectivity index is 1.80. The summed E-state index contributed by atoms with van der Waals surface area (Å²) in [6, 6.07) is 12.7. The van der Waals surface area contributed by atoms with Crippen LogP contribution in [0.4, 0.5) is 0 Å². The predicted octanol–water partition coefficient (Wildman–Crippen LogP) is 2.47. The normalized spacial score (nSPS) is 22.9. The Hall–Kier alpha value is -2.33. The van der Waals surface area contributed by atoms with E-state index in [2.05, 4.69) is 0 Å². The monoisotopic (exact) mass is 254 g/mol. The molecule has 1 N–H and O–H groups in total. The molecule has 0 spiro atoms. The summed E-state index contributed by atoms with van der Waals surface area (Å²) in [5, 5.41) is 10.2. The SMILES string of the molecule is O=C1c2c(ccc3c2O3)OC(c2ccccc2)C1O. The number of hydrogen-bond donors (Lipinski definition) is 1. The molecule has 4 rings (SSSR count). The second kappa shape index (κ2) is 3.59. The predicted molar refractivity (Wildman–Crippen MR) is 66.7 cm³/mol. The first-order chi connectivity index (χ1) is 9.25. The Labute approximate surface area is 109 Å². The van der Waals surface area contributed by atoms with Crippen LogP contribution in [-0.2, 0) is 0 Å². The fourth-order valence-corrected chi connectivity index (χ4v) is 2.43. The maximum absolute atomic E-state index is 12.2. The molecule has 2 atom stereocenters. The van der Waals surface area contributed by atoms with Crippen LogP contribution in [0.3, 0.4) is 0 Å². The Bertz CT molecular complexity index is 678. The van der Waals surface area contributed by atoms with Crippen molar-refractivity contribution in [3.05, 3.63) is 53.6 Å². The van der Waals surface area contributed by atoms with Crippen molar-refractivity contribution in [3.63, 3.8) is 0 Å². The number of Topliss-reactive ketones (excluding diaryl/α,β-unsaturated/α-hetero) is 1. The van der Waals surface area contributed by atoms with Crippen molar-refractivity contribution in [1.82, 2.24) is 0 Å². The average Bonchev–Trinajstić information content (AvgIpc) is 3.22. The van der Waals surface area contributed by atoms with Gasteiger partial charge in [-0.15, -0.1) is 0 Å². The van der Waals surface area contributed by atoms with E-state index in [4.69, 9.17) is 9.47 Å². The number of aliphatic hydroxyl groups is 1. The highest BCUT2D eigenvalue weighted by atomic mass is 16.6. The van der Waals surface area contributed by atoms with Crippen LogP contribution in [0.25, 0.3) is 0 Å². The topological polar surface area (TPSA) is 59.1 Å². The molecule has 0 aliphatic carbocycles. The largest absolute Gasteiger partial charge is 0.482 e. The first-order valence-corrected chi connectivity index (χ1v) is 6.04. The second-order valence-corrected chi connectivity index (χ2v) is 4.63. The Morgan fingerprint density at radius 1 is 1.00 bits per heavy atom. The lowest BCUT2D eigenvalue weighted by Crippen LogP contribution is -2.35. The third-order valence-electron chi connectivity index (χ3n) is 3.44. The van der Waals surface area contributed by atoms with Crippen molar-refractivity contribution in [2.75, 3.05) is 0 Å². The van der Waals surface area contributed by atoms with Crippen molar-refractivity contribution in [3.8, 4) is 17.2 Å². The number of ether oxygens (including phenoxy) is 2. The molecule has 94 valence electrons. The molecule has 0 bridgehead atoms. The van der Waals surface area contributed by atoms with Gasteiger partial charge in [0, 0.05) is 0 Å². The van der Waals surface area contributed by atoms with Gasteiger partial charge in [0.2, 0.25) is 5.78 Å². The lowest BCUT2D eigenvalue weighted by Gasteiger charge is -2.28. The Morgan fingerprint density at radius 3 is 2.53 bits per heavy atom. The highest BCUT2D eigenvalue weighted by Gasteiger charge is 2.42. The summed E-state index contributed by atoms with van der Waals surface area (Å²) < 4.78 is 10.9. The summed E-state index contributed by atoms with van der Waals surface area (Å²) in [4.78, 5) is 12.2. The molecule has 0 saturated carbocycles. The minimum atomic E-state index is -1.20. The maximum atomic E-state index is 12.2. The molecule has 4 nitrogen and oxygen atoms in total. The molecule has 0 amide bonds.